The third kappa shape index (κ3) is 11.3. The van der Waals surface area contributed by atoms with Gasteiger partial charge in [-0.15, -0.1) is 0 Å². The van der Waals surface area contributed by atoms with Crippen molar-refractivity contribution in [3.8, 4) is 0 Å². The number of hydrogen-bond donors (Lipinski definition) is 2. The second-order valence-electron chi connectivity index (χ2n) is 6.51. The molecule has 9 heteroatoms. The van der Waals surface area contributed by atoms with E-state index >= 15 is 0 Å². The van der Waals surface area contributed by atoms with Gasteiger partial charge >= 0.3 is 208 Å². The van der Waals surface area contributed by atoms with Crippen LogP contribution < -0.4 is 0 Å². The van der Waals surface area contributed by atoms with Crippen molar-refractivity contribution < 1.29 is 26.7 Å². The smallest absolute Gasteiger partial charge is 0 e. The molecule has 2 aromatic carbocycles. The predicted molar refractivity (Wildman–Crippen MR) is 139 cm³/mol. The Morgan fingerprint density at radius 2 is 0.909 bits per heavy atom. The number of aliphatic imine (C=N–C) groups is 2. The molecule has 0 aromatic heterocycles. The third-order valence-corrected chi connectivity index (χ3v) is 6.00. The van der Waals surface area contributed by atoms with E-state index in [1.165, 1.54) is 0 Å². The SMILES string of the molecule is CCN(CC)C(=[Se])/N=C(\O)c1ccccc1.CCN(CC)C(=[Se])/N=C(\O)c1ccccc1.[Ni]. The van der Waals surface area contributed by atoms with Gasteiger partial charge in [-0.05, 0) is 0 Å². The molecule has 182 valence electrons. The monoisotopic (exact) mass is 626 g/mol. The minimum atomic E-state index is 0. The van der Waals surface area contributed by atoms with Crippen LogP contribution in [0, 0.1) is 0 Å². The van der Waals surface area contributed by atoms with E-state index in [1.807, 2.05) is 70.5 Å². The van der Waals surface area contributed by atoms with Gasteiger partial charge in [0.05, 0.1) is 0 Å². The van der Waals surface area contributed by atoms with E-state index in [4.69, 9.17) is 0 Å². The summed E-state index contributed by atoms with van der Waals surface area (Å²) in [6.07, 6.45) is 0. The van der Waals surface area contributed by atoms with Crippen molar-refractivity contribution in [2.45, 2.75) is 27.7 Å². The van der Waals surface area contributed by atoms with E-state index in [-0.39, 0.29) is 28.3 Å². The molecule has 33 heavy (non-hydrogen) atoms. The summed E-state index contributed by atoms with van der Waals surface area (Å²) in [6.45, 7) is 11.7. The molecule has 0 aliphatic heterocycles. The largest absolute Gasteiger partial charge is 0 e. The first kappa shape index (κ1) is 31.3. The van der Waals surface area contributed by atoms with Crippen molar-refractivity contribution in [2.24, 2.45) is 9.98 Å². The normalized spacial score (nSPS) is 10.9. The number of benzene rings is 2. The molecular weight excluding hydrogens is 593 g/mol. The summed E-state index contributed by atoms with van der Waals surface area (Å²) in [5, 5.41) is 19.6. The van der Waals surface area contributed by atoms with Crippen LogP contribution >= 0.6 is 0 Å². The molecule has 0 aliphatic rings. The summed E-state index contributed by atoms with van der Waals surface area (Å²) in [6, 6.07) is 18.6. The maximum Gasteiger partial charge on any atom is 0 e. The Morgan fingerprint density at radius 1 is 0.636 bits per heavy atom. The molecule has 0 atom stereocenters. The van der Waals surface area contributed by atoms with Crippen molar-refractivity contribution in [3.63, 3.8) is 0 Å². The van der Waals surface area contributed by atoms with Gasteiger partial charge in [0.2, 0.25) is 0 Å². The van der Waals surface area contributed by atoms with Gasteiger partial charge in [0.25, 0.3) is 0 Å². The van der Waals surface area contributed by atoms with E-state index in [9.17, 15) is 10.2 Å². The molecule has 0 spiro atoms. The summed E-state index contributed by atoms with van der Waals surface area (Å²) < 4.78 is 1.43. The number of nitrogens with zero attached hydrogens (tertiary/aromatic N) is 4. The average molecular weight is 625 g/mol. The van der Waals surface area contributed by atoms with Gasteiger partial charge in [-0.2, -0.15) is 0 Å². The first-order valence-electron chi connectivity index (χ1n) is 10.6. The maximum atomic E-state index is 9.81. The Labute approximate surface area is 223 Å². The minimum Gasteiger partial charge on any atom is 0 e. The molecule has 0 saturated carbocycles. The van der Waals surface area contributed by atoms with Crippen LogP contribution in [0.4, 0.5) is 0 Å². The number of aliphatic hydroxyl groups is 2. The van der Waals surface area contributed by atoms with Crippen LogP contribution in [-0.4, -0.2) is 98.5 Å². The van der Waals surface area contributed by atoms with Gasteiger partial charge in [-0.25, -0.2) is 0 Å². The van der Waals surface area contributed by atoms with E-state index < -0.39 is 0 Å². The molecule has 0 aliphatic carbocycles. The molecule has 6 nitrogen and oxygen atoms in total. The van der Waals surface area contributed by atoms with E-state index in [2.05, 4.69) is 68.8 Å². The van der Waals surface area contributed by atoms with E-state index in [0.717, 1.165) is 37.3 Å². The Balaban J connectivity index is 0.000000602. The third-order valence-electron chi connectivity index (χ3n) is 4.53. The van der Waals surface area contributed by atoms with Crippen molar-refractivity contribution in [2.75, 3.05) is 26.2 Å². The van der Waals surface area contributed by atoms with Gasteiger partial charge in [0, 0.05) is 16.5 Å². The van der Waals surface area contributed by atoms with Gasteiger partial charge in [-0.1, -0.05) is 0 Å². The van der Waals surface area contributed by atoms with Gasteiger partial charge in [0.15, 0.2) is 0 Å². The Kier molecular flexibility index (Phi) is 16.8. The first-order valence-corrected chi connectivity index (χ1v) is 12.3. The van der Waals surface area contributed by atoms with E-state index in [0.29, 0.717) is 9.33 Å². The predicted octanol–water partition coefficient (Wildman–Crippen LogP) is 3.18. The average Bonchev–Trinajstić information content (AvgIpc) is 2.82. The molecule has 2 rings (SSSR count). The molecule has 0 amide bonds. The second kappa shape index (κ2) is 17.7. The Hall–Kier alpha value is -1.75. The van der Waals surface area contributed by atoms with Crippen molar-refractivity contribution >= 4 is 52.3 Å². The Bertz CT molecular complexity index is 826. The van der Waals surface area contributed by atoms with Gasteiger partial charge in [-0.3, -0.25) is 0 Å². The summed E-state index contributed by atoms with van der Waals surface area (Å²) in [7, 11) is 0. The second-order valence-corrected chi connectivity index (χ2v) is 8.04. The van der Waals surface area contributed by atoms with Crippen LogP contribution in [0.1, 0.15) is 38.8 Å². The van der Waals surface area contributed by atoms with Crippen LogP contribution in [-0.2, 0) is 16.5 Å². The molecule has 0 unspecified atom stereocenters. The van der Waals surface area contributed by atoms with Crippen LogP contribution in [0.15, 0.2) is 70.6 Å². The topological polar surface area (TPSA) is 71.7 Å². The maximum absolute atomic E-state index is 9.81. The zero-order valence-electron chi connectivity index (χ0n) is 19.4. The molecule has 0 fully saturated rings. The fourth-order valence-corrected chi connectivity index (χ4v) is 4.06. The van der Waals surface area contributed by atoms with Gasteiger partial charge < -0.3 is 0 Å². The quantitative estimate of drug-likeness (QED) is 0.242. The molecule has 0 radical (unpaired) electrons. The summed E-state index contributed by atoms with van der Waals surface area (Å²) in [5.41, 5.74) is 1.45. The van der Waals surface area contributed by atoms with Crippen LogP contribution in [0.2, 0.25) is 0 Å². The molecular formula is C24H32N4NiO2Se2. The van der Waals surface area contributed by atoms with Crippen molar-refractivity contribution in [1.29, 1.82) is 0 Å². The van der Waals surface area contributed by atoms with Gasteiger partial charge in [0.1, 0.15) is 0 Å². The molecule has 2 N–H and O–H groups in total. The molecule has 2 aromatic rings. The summed E-state index contributed by atoms with van der Waals surface area (Å²) in [4.78, 5) is 12.4. The standard InChI is InChI=1S/2C12H16N2OSe.Ni/c2*1-3-14(4-2)12(16)13-11(15)10-8-6-5-7-9-10;/h2*5-9H,3-4H2,1-2H3,(H,13,15,16);. The fraction of sp³-hybridized carbons (Fsp3) is 0.333. The van der Waals surface area contributed by atoms with Crippen LogP contribution in [0.3, 0.4) is 0 Å². The fourth-order valence-electron chi connectivity index (χ4n) is 2.61. The summed E-state index contributed by atoms with van der Waals surface area (Å²) >= 11 is 5.75. The van der Waals surface area contributed by atoms with Crippen molar-refractivity contribution in [3.05, 3.63) is 71.8 Å². The van der Waals surface area contributed by atoms with Crippen LogP contribution in [0.5, 0.6) is 0 Å². The van der Waals surface area contributed by atoms with Crippen molar-refractivity contribution in [1.82, 2.24) is 9.80 Å². The number of aliphatic hydroxyl groups excluding tert-OH is 2. The van der Waals surface area contributed by atoms with E-state index in [1.54, 1.807) is 0 Å². The molecule has 0 heterocycles. The number of hydrogen-bond acceptors (Lipinski definition) is 4. The molecule has 0 saturated heterocycles. The zero-order valence-corrected chi connectivity index (χ0v) is 23.8. The summed E-state index contributed by atoms with van der Waals surface area (Å²) in [5.74, 6) is 0.0856. The first-order chi connectivity index (χ1) is 15.4. The zero-order chi connectivity index (χ0) is 23.9. The number of rotatable bonds is 10. The Morgan fingerprint density at radius 3 is 1.15 bits per heavy atom. The molecule has 0 bridgehead atoms. The van der Waals surface area contributed by atoms with Crippen LogP contribution in [0.25, 0.3) is 0 Å². The minimum absolute atomic E-state index is 0.